The molecule has 0 saturated carbocycles. The standard InChI is InChI=1S/C16H14F4INO3/c1-24-4-5-25-9-6-10(17)15(11(18)7-9)13-3-2-12(21)16(23)22(13)8-14(19)20/h2-3,6-7,14H,4-5,8H2,1H3. The van der Waals surface area contributed by atoms with Crippen molar-refractivity contribution in [2.75, 3.05) is 20.3 Å². The fourth-order valence-corrected chi connectivity index (χ4v) is 2.68. The highest BCUT2D eigenvalue weighted by atomic mass is 127. The van der Waals surface area contributed by atoms with Crippen molar-refractivity contribution < 1.29 is 27.0 Å². The summed E-state index contributed by atoms with van der Waals surface area (Å²) in [6, 6.07) is 4.42. The van der Waals surface area contributed by atoms with Crippen LogP contribution >= 0.6 is 22.6 Å². The molecule has 2 rings (SSSR count). The smallest absolute Gasteiger partial charge is 0.264 e. The van der Waals surface area contributed by atoms with Crippen LogP contribution in [0.25, 0.3) is 11.3 Å². The van der Waals surface area contributed by atoms with E-state index in [9.17, 15) is 22.4 Å². The third kappa shape index (κ3) is 4.72. The molecule has 0 amide bonds. The van der Waals surface area contributed by atoms with Gasteiger partial charge in [0.1, 0.15) is 24.0 Å². The molecule has 136 valence electrons. The lowest BCUT2D eigenvalue weighted by Gasteiger charge is -2.15. The van der Waals surface area contributed by atoms with Crippen molar-refractivity contribution in [3.63, 3.8) is 0 Å². The second-order valence-electron chi connectivity index (χ2n) is 4.98. The van der Waals surface area contributed by atoms with Crippen LogP contribution in [0.15, 0.2) is 29.1 Å². The summed E-state index contributed by atoms with van der Waals surface area (Å²) >= 11 is 1.68. The molecule has 0 N–H and O–H groups in total. The Morgan fingerprint density at radius 2 is 1.80 bits per heavy atom. The van der Waals surface area contributed by atoms with Gasteiger partial charge in [0, 0.05) is 19.2 Å². The van der Waals surface area contributed by atoms with Gasteiger partial charge in [-0.05, 0) is 34.7 Å². The van der Waals surface area contributed by atoms with Crippen LogP contribution in [0, 0.1) is 15.2 Å². The average Bonchev–Trinajstić information content (AvgIpc) is 2.53. The average molecular weight is 471 g/mol. The number of alkyl halides is 2. The summed E-state index contributed by atoms with van der Waals surface area (Å²) in [7, 11) is 1.45. The minimum atomic E-state index is -2.85. The number of halogens is 5. The molecule has 0 spiro atoms. The molecule has 25 heavy (non-hydrogen) atoms. The second-order valence-corrected chi connectivity index (χ2v) is 6.14. The molecule has 0 saturated heterocycles. The Hall–Kier alpha value is -1.62. The first-order valence-electron chi connectivity index (χ1n) is 7.13. The summed E-state index contributed by atoms with van der Waals surface area (Å²) in [6.07, 6.45) is -2.85. The molecule has 0 aliphatic rings. The van der Waals surface area contributed by atoms with Gasteiger partial charge >= 0.3 is 0 Å². The van der Waals surface area contributed by atoms with E-state index >= 15 is 0 Å². The molecule has 0 aliphatic carbocycles. The fourth-order valence-electron chi connectivity index (χ4n) is 2.21. The molecule has 9 heteroatoms. The summed E-state index contributed by atoms with van der Waals surface area (Å²) in [6.45, 7) is -0.639. The zero-order valence-electron chi connectivity index (χ0n) is 13.1. The molecule has 0 bridgehead atoms. The largest absolute Gasteiger partial charge is 0.491 e. The van der Waals surface area contributed by atoms with E-state index in [1.807, 2.05) is 0 Å². The number of hydrogen-bond acceptors (Lipinski definition) is 3. The van der Waals surface area contributed by atoms with Gasteiger partial charge in [0.2, 0.25) is 0 Å². The molecule has 0 fully saturated rings. The Bertz CT molecular complexity index is 787. The maximum atomic E-state index is 14.4. The number of benzene rings is 1. The third-order valence-corrected chi connectivity index (χ3v) is 4.10. The predicted molar refractivity (Wildman–Crippen MR) is 92.1 cm³/mol. The lowest BCUT2D eigenvalue weighted by molar-refractivity contribution is 0.125. The molecule has 1 heterocycles. The van der Waals surface area contributed by atoms with Crippen LogP contribution in [0.4, 0.5) is 17.6 Å². The van der Waals surface area contributed by atoms with Crippen LogP contribution in [0.3, 0.4) is 0 Å². The minimum absolute atomic E-state index is 0.0657. The van der Waals surface area contributed by atoms with Crippen LogP contribution in [-0.4, -0.2) is 31.3 Å². The van der Waals surface area contributed by atoms with Crippen LogP contribution in [-0.2, 0) is 11.3 Å². The highest BCUT2D eigenvalue weighted by molar-refractivity contribution is 14.1. The SMILES string of the molecule is COCCOc1cc(F)c(-c2ccc(I)c(=O)n2CC(F)F)c(F)c1. The first-order chi connectivity index (χ1) is 11.8. The van der Waals surface area contributed by atoms with Gasteiger partial charge in [-0.2, -0.15) is 0 Å². The summed E-state index contributed by atoms with van der Waals surface area (Å²) in [4.78, 5) is 12.1. The number of rotatable bonds is 7. The van der Waals surface area contributed by atoms with Gasteiger partial charge in [-0.25, -0.2) is 17.6 Å². The second kappa shape index (κ2) is 8.65. The van der Waals surface area contributed by atoms with E-state index in [0.717, 1.165) is 12.1 Å². The van der Waals surface area contributed by atoms with Gasteiger partial charge in [0.15, 0.2) is 0 Å². The Kier molecular flexibility index (Phi) is 6.82. The van der Waals surface area contributed by atoms with Crippen LogP contribution in [0.5, 0.6) is 5.75 Å². The topological polar surface area (TPSA) is 40.5 Å². The normalized spacial score (nSPS) is 11.2. The van der Waals surface area contributed by atoms with Crippen molar-refractivity contribution in [3.05, 3.63) is 49.8 Å². The molecular weight excluding hydrogens is 457 g/mol. The Morgan fingerprint density at radius 3 is 2.36 bits per heavy atom. The van der Waals surface area contributed by atoms with Gasteiger partial charge in [0.25, 0.3) is 12.0 Å². The molecule has 0 radical (unpaired) electrons. The van der Waals surface area contributed by atoms with Crippen molar-refractivity contribution >= 4 is 22.6 Å². The predicted octanol–water partition coefficient (Wildman–Crippen LogP) is 3.69. The zero-order valence-corrected chi connectivity index (χ0v) is 15.2. The summed E-state index contributed by atoms with van der Waals surface area (Å²) < 4.78 is 65.1. The van der Waals surface area contributed by atoms with E-state index in [-0.39, 0.29) is 28.2 Å². The van der Waals surface area contributed by atoms with Gasteiger partial charge in [-0.15, -0.1) is 0 Å². The fraction of sp³-hybridized carbons (Fsp3) is 0.312. The van der Waals surface area contributed by atoms with Crippen LogP contribution in [0.1, 0.15) is 0 Å². The van der Waals surface area contributed by atoms with Crippen molar-refractivity contribution in [1.29, 1.82) is 0 Å². The quantitative estimate of drug-likeness (QED) is 0.352. The lowest BCUT2D eigenvalue weighted by Crippen LogP contribution is -2.27. The first kappa shape index (κ1) is 19.7. The van der Waals surface area contributed by atoms with Crippen LogP contribution < -0.4 is 10.3 Å². The molecule has 2 aromatic rings. The van der Waals surface area contributed by atoms with E-state index in [1.54, 1.807) is 22.6 Å². The van der Waals surface area contributed by atoms with E-state index in [0.29, 0.717) is 4.57 Å². The summed E-state index contributed by atoms with van der Waals surface area (Å²) in [5.74, 6) is -2.10. The van der Waals surface area contributed by atoms with Gasteiger partial charge < -0.3 is 14.0 Å². The maximum absolute atomic E-state index is 14.4. The third-order valence-electron chi connectivity index (χ3n) is 3.28. The van der Waals surface area contributed by atoms with E-state index < -0.39 is 35.7 Å². The molecule has 1 aromatic carbocycles. The number of aromatic nitrogens is 1. The van der Waals surface area contributed by atoms with E-state index in [2.05, 4.69) is 0 Å². The number of methoxy groups -OCH3 is 1. The molecule has 0 unspecified atom stereocenters. The maximum Gasteiger partial charge on any atom is 0.264 e. The van der Waals surface area contributed by atoms with Gasteiger partial charge in [-0.1, -0.05) is 0 Å². The van der Waals surface area contributed by atoms with Crippen molar-refractivity contribution in [2.45, 2.75) is 13.0 Å². The first-order valence-corrected chi connectivity index (χ1v) is 8.21. The van der Waals surface area contributed by atoms with Gasteiger partial charge in [0.05, 0.1) is 28.0 Å². The minimum Gasteiger partial charge on any atom is -0.491 e. The molecule has 1 aromatic heterocycles. The number of nitrogens with zero attached hydrogens (tertiary/aromatic N) is 1. The number of ether oxygens (including phenoxy) is 2. The van der Waals surface area contributed by atoms with Crippen molar-refractivity contribution in [2.24, 2.45) is 0 Å². The molecule has 4 nitrogen and oxygen atoms in total. The van der Waals surface area contributed by atoms with Crippen LogP contribution in [0.2, 0.25) is 0 Å². The highest BCUT2D eigenvalue weighted by Gasteiger charge is 2.20. The molecule has 0 aliphatic heterocycles. The number of pyridine rings is 1. The van der Waals surface area contributed by atoms with Crippen molar-refractivity contribution in [3.8, 4) is 17.0 Å². The van der Waals surface area contributed by atoms with E-state index in [4.69, 9.17) is 9.47 Å². The molecular formula is C16H14F4INO3. The Balaban J connectivity index is 2.51. The summed E-state index contributed by atoms with van der Waals surface area (Å²) in [5.41, 5.74) is -1.56. The zero-order chi connectivity index (χ0) is 18.6. The van der Waals surface area contributed by atoms with Crippen molar-refractivity contribution in [1.82, 2.24) is 4.57 Å². The molecule has 0 atom stereocenters. The highest BCUT2D eigenvalue weighted by Crippen LogP contribution is 2.30. The number of hydrogen-bond donors (Lipinski definition) is 0. The van der Waals surface area contributed by atoms with Gasteiger partial charge in [-0.3, -0.25) is 4.79 Å². The van der Waals surface area contributed by atoms with E-state index in [1.165, 1.54) is 19.2 Å². The monoisotopic (exact) mass is 471 g/mol. The Labute approximate surface area is 154 Å². The Morgan fingerprint density at radius 1 is 1.16 bits per heavy atom. The lowest BCUT2D eigenvalue weighted by atomic mass is 10.1. The summed E-state index contributed by atoms with van der Waals surface area (Å²) in [5, 5.41) is 0.